The molecule has 0 spiro atoms. The number of aryl methyl sites for hydroxylation is 2. The van der Waals surface area contributed by atoms with Crippen LogP contribution in [-0.4, -0.2) is 28.0 Å². The number of ether oxygens (including phenoxy) is 1. The van der Waals surface area contributed by atoms with Crippen molar-refractivity contribution >= 4 is 5.91 Å². The highest BCUT2D eigenvalue weighted by Crippen LogP contribution is 2.18. The Morgan fingerprint density at radius 3 is 2.67 bits per heavy atom. The third kappa shape index (κ3) is 4.69. The monoisotopic (exact) mass is 291 g/mol. The highest BCUT2D eigenvalue weighted by Gasteiger charge is 2.23. The van der Waals surface area contributed by atoms with Crippen LogP contribution in [0.1, 0.15) is 57.0 Å². The van der Waals surface area contributed by atoms with Gasteiger partial charge in [0.25, 0.3) is 5.91 Å². The van der Waals surface area contributed by atoms with E-state index in [0.29, 0.717) is 24.2 Å². The van der Waals surface area contributed by atoms with E-state index in [1.54, 1.807) is 6.07 Å². The van der Waals surface area contributed by atoms with Gasteiger partial charge in [0.1, 0.15) is 5.82 Å². The van der Waals surface area contributed by atoms with Crippen molar-refractivity contribution in [1.82, 2.24) is 15.3 Å². The lowest BCUT2D eigenvalue weighted by molar-refractivity contribution is -0.129. The Bertz CT molecular complexity index is 464. The highest BCUT2D eigenvalue weighted by molar-refractivity contribution is 5.81. The molecule has 5 heteroatoms. The van der Waals surface area contributed by atoms with Crippen LogP contribution in [0, 0.1) is 13.8 Å². The van der Waals surface area contributed by atoms with Gasteiger partial charge in [-0.25, -0.2) is 4.98 Å². The normalized spacial score (nSPS) is 17.3. The molecule has 1 atom stereocenters. The second-order valence-corrected chi connectivity index (χ2v) is 5.75. The Morgan fingerprint density at radius 1 is 1.33 bits per heavy atom. The highest BCUT2D eigenvalue weighted by atomic mass is 16.5. The molecule has 1 aromatic rings. The van der Waals surface area contributed by atoms with E-state index in [0.717, 1.165) is 18.5 Å². The van der Waals surface area contributed by atoms with Gasteiger partial charge in [0.05, 0.1) is 0 Å². The summed E-state index contributed by atoms with van der Waals surface area (Å²) >= 11 is 0. The Balaban J connectivity index is 1.96. The first-order chi connectivity index (χ1) is 10.1. The molecule has 1 N–H and O–H groups in total. The zero-order chi connectivity index (χ0) is 15.2. The number of carbonyl (C=O) groups is 1. The maximum atomic E-state index is 12.3. The summed E-state index contributed by atoms with van der Waals surface area (Å²) in [6.07, 6.45) is 5.97. The van der Waals surface area contributed by atoms with Gasteiger partial charge in [0, 0.05) is 17.8 Å². The molecular weight excluding hydrogens is 266 g/mol. The molecule has 1 saturated carbocycles. The van der Waals surface area contributed by atoms with Gasteiger partial charge in [-0.2, -0.15) is 4.98 Å². The van der Waals surface area contributed by atoms with Gasteiger partial charge in [-0.05, 0) is 33.1 Å². The zero-order valence-electron chi connectivity index (χ0n) is 13.2. The molecule has 0 radical (unpaired) electrons. The largest absolute Gasteiger partial charge is 0.464 e. The molecule has 1 amide bonds. The summed E-state index contributed by atoms with van der Waals surface area (Å²) in [5.74, 6) is 1.11. The van der Waals surface area contributed by atoms with Gasteiger partial charge in [-0.15, -0.1) is 0 Å². The zero-order valence-corrected chi connectivity index (χ0v) is 13.2. The van der Waals surface area contributed by atoms with E-state index in [-0.39, 0.29) is 5.91 Å². The summed E-state index contributed by atoms with van der Waals surface area (Å²) in [7, 11) is 0. The first-order valence-corrected chi connectivity index (χ1v) is 7.87. The van der Waals surface area contributed by atoms with Crippen molar-refractivity contribution < 1.29 is 9.53 Å². The van der Waals surface area contributed by atoms with Crippen LogP contribution in [0.2, 0.25) is 0 Å². The summed E-state index contributed by atoms with van der Waals surface area (Å²) in [4.78, 5) is 20.8. The van der Waals surface area contributed by atoms with E-state index in [1.807, 2.05) is 20.8 Å². The van der Waals surface area contributed by atoms with E-state index in [4.69, 9.17) is 4.74 Å². The lowest BCUT2D eigenvalue weighted by Gasteiger charge is -2.25. The van der Waals surface area contributed by atoms with E-state index >= 15 is 0 Å². The molecule has 21 heavy (non-hydrogen) atoms. The molecule has 0 aromatic carbocycles. The standard InChI is InChI=1S/C16H25N3O2/c1-4-14(16(20)19-13-8-6-5-7-9-13)21-15-10-11(2)17-12(3)18-15/h10,13-14H,4-9H2,1-3H3,(H,19,20). The molecule has 0 saturated heterocycles. The molecule has 5 nitrogen and oxygen atoms in total. The van der Waals surface area contributed by atoms with Crippen LogP contribution in [0.3, 0.4) is 0 Å². The van der Waals surface area contributed by atoms with Gasteiger partial charge in [0.2, 0.25) is 5.88 Å². The molecule has 1 aliphatic carbocycles. The van der Waals surface area contributed by atoms with Gasteiger partial charge in [-0.3, -0.25) is 4.79 Å². The molecular formula is C16H25N3O2. The van der Waals surface area contributed by atoms with Crippen LogP contribution in [0.4, 0.5) is 0 Å². The number of carbonyl (C=O) groups excluding carboxylic acids is 1. The molecule has 1 unspecified atom stereocenters. The maximum absolute atomic E-state index is 12.3. The molecule has 1 fully saturated rings. The van der Waals surface area contributed by atoms with Crippen LogP contribution in [0.5, 0.6) is 5.88 Å². The van der Waals surface area contributed by atoms with Gasteiger partial charge in [0.15, 0.2) is 6.10 Å². The van der Waals surface area contributed by atoms with Gasteiger partial charge in [-0.1, -0.05) is 26.2 Å². The minimum atomic E-state index is -0.486. The minimum absolute atomic E-state index is 0.0293. The lowest BCUT2D eigenvalue weighted by atomic mass is 9.95. The summed E-state index contributed by atoms with van der Waals surface area (Å²) < 4.78 is 5.77. The third-order valence-corrected chi connectivity index (χ3v) is 3.82. The molecule has 0 bridgehead atoms. The van der Waals surface area contributed by atoms with Crippen LogP contribution in [0.15, 0.2) is 6.07 Å². The van der Waals surface area contributed by atoms with Crippen LogP contribution >= 0.6 is 0 Å². The topological polar surface area (TPSA) is 64.1 Å². The van der Waals surface area contributed by atoms with Crippen molar-refractivity contribution in [3.8, 4) is 5.88 Å². The quantitative estimate of drug-likeness (QED) is 0.906. The maximum Gasteiger partial charge on any atom is 0.261 e. The van der Waals surface area contributed by atoms with Crippen molar-refractivity contribution in [2.75, 3.05) is 0 Å². The Labute approximate surface area is 126 Å². The molecule has 1 aromatic heterocycles. The number of nitrogens with zero attached hydrogens (tertiary/aromatic N) is 2. The van der Waals surface area contributed by atoms with Gasteiger partial charge < -0.3 is 10.1 Å². The fraction of sp³-hybridized carbons (Fsp3) is 0.688. The predicted octanol–water partition coefficient (Wildman–Crippen LogP) is 2.70. The van der Waals surface area contributed by atoms with E-state index < -0.39 is 6.10 Å². The smallest absolute Gasteiger partial charge is 0.261 e. The van der Waals surface area contributed by atoms with Crippen molar-refractivity contribution in [1.29, 1.82) is 0 Å². The summed E-state index contributed by atoms with van der Waals surface area (Å²) in [5.41, 5.74) is 0.847. The van der Waals surface area contributed by atoms with Gasteiger partial charge >= 0.3 is 0 Å². The number of aromatic nitrogens is 2. The molecule has 1 aliphatic rings. The van der Waals surface area contributed by atoms with Crippen molar-refractivity contribution in [3.05, 3.63) is 17.6 Å². The molecule has 1 heterocycles. The average molecular weight is 291 g/mol. The third-order valence-electron chi connectivity index (χ3n) is 3.82. The van der Waals surface area contributed by atoms with E-state index in [9.17, 15) is 4.79 Å². The van der Waals surface area contributed by atoms with Crippen molar-refractivity contribution in [2.45, 2.75) is 71.4 Å². The van der Waals surface area contributed by atoms with Crippen LogP contribution < -0.4 is 10.1 Å². The molecule has 2 rings (SSSR count). The lowest BCUT2D eigenvalue weighted by Crippen LogP contribution is -2.44. The minimum Gasteiger partial charge on any atom is -0.464 e. The van der Waals surface area contributed by atoms with Crippen LogP contribution in [0.25, 0.3) is 0 Å². The summed E-state index contributed by atoms with van der Waals surface area (Å²) in [6, 6.07) is 2.07. The number of nitrogens with one attached hydrogen (secondary N) is 1. The van der Waals surface area contributed by atoms with Crippen molar-refractivity contribution in [2.24, 2.45) is 0 Å². The number of rotatable bonds is 5. The first-order valence-electron chi connectivity index (χ1n) is 7.87. The van der Waals surface area contributed by atoms with Crippen molar-refractivity contribution in [3.63, 3.8) is 0 Å². The Kier molecular flexibility index (Phi) is 5.53. The summed E-state index contributed by atoms with van der Waals surface area (Å²) in [5, 5.41) is 3.11. The fourth-order valence-corrected chi connectivity index (χ4v) is 2.75. The Morgan fingerprint density at radius 2 is 2.05 bits per heavy atom. The predicted molar refractivity (Wildman–Crippen MR) is 81.2 cm³/mol. The molecule has 116 valence electrons. The number of hydrogen-bond donors (Lipinski definition) is 1. The number of amides is 1. The Hall–Kier alpha value is -1.65. The SMILES string of the molecule is CCC(Oc1cc(C)nc(C)n1)C(=O)NC1CCCCC1. The van der Waals surface area contributed by atoms with E-state index in [2.05, 4.69) is 15.3 Å². The fourth-order valence-electron chi connectivity index (χ4n) is 2.75. The summed E-state index contributed by atoms with van der Waals surface area (Å²) in [6.45, 7) is 5.67. The second-order valence-electron chi connectivity index (χ2n) is 5.75. The van der Waals surface area contributed by atoms with E-state index in [1.165, 1.54) is 19.3 Å². The average Bonchev–Trinajstić information content (AvgIpc) is 2.44. The first kappa shape index (κ1) is 15.7. The second kappa shape index (κ2) is 7.38. The molecule has 0 aliphatic heterocycles. The number of hydrogen-bond acceptors (Lipinski definition) is 4. The van der Waals surface area contributed by atoms with Crippen LogP contribution in [-0.2, 0) is 4.79 Å².